The summed E-state index contributed by atoms with van der Waals surface area (Å²) >= 11 is 0. The highest BCUT2D eigenvalue weighted by molar-refractivity contribution is 7.89. The first-order valence-electron chi connectivity index (χ1n) is 6.93. The van der Waals surface area contributed by atoms with Crippen LogP contribution >= 0.6 is 0 Å². The third-order valence-electron chi connectivity index (χ3n) is 3.39. The predicted molar refractivity (Wildman–Crippen MR) is 85.6 cm³/mol. The number of carbonyl (C=O) groups is 2. The summed E-state index contributed by atoms with van der Waals surface area (Å²) in [5.74, 6) is -1.82. The van der Waals surface area contributed by atoms with E-state index in [4.69, 9.17) is 0 Å². The number of carboxylic acids is 1. The van der Waals surface area contributed by atoms with Gasteiger partial charge in [-0.2, -0.15) is 0 Å². The van der Waals surface area contributed by atoms with Crippen LogP contribution in [0.15, 0.2) is 41.8 Å². The normalized spacial score (nSPS) is 13.8. The average molecular weight is 340 g/mol. The summed E-state index contributed by atoms with van der Waals surface area (Å²) in [5, 5.41) is 11.6. The van der Waals surface area contributed by atoms with Gasteiger partial charge in [-0.25, -0.2) is 17.9 Å². The molecule has 1 aromatic rings. The lowest BCUT2D eigenvalue weighted by Crippen LogP contribution is -2.51. The Bertz CT molecular complexity index is 714. The van der Waals surface area contributed by atoms with Crippen molar-refractivity contribution in [3.63, 3.8) is 0 Å². The van der Waals surface area contributed by atoms with Crippen LogP contribution in [0, 0.1) is 0 Å². The number of amides is 1. The summed E-state index contributed by atoms with van der Waals surface area (Å²) in [6.45, 7) is 6.51. The lowest BCUT2D eigenvalue weighted by atomic mass is 9.98. The van der Waals surface area contributed by atoms with Crippen LogP contribution in [0.1, 0.15) is 30.6 Å². The standard InChI is InChI=1S/C15H20N2O5S/c1-4-9-16-23(21,22)12-8-6-7-11(10-12)13(18)17-15(3,5-2)14(19)20/h4,6-8,10,16H,1,5,9H2,2-3H3,(H,17,18)(H,19,20). The van der Waals surface area contributed by atoms with Crippen LogP contribution < -0.4 is 10.0 Å². The number of hydrogen-bond acceptors (Lipinski definition) is 4. The first kappa shape index (κ1) is 18.9. The molecule has 1 amide bonds. The number of aliphatic carboxylic acids is 1. The fourth-order valence-corrected chi connectivity index (χ4v) is 2.72. The Kier molecular flexibility index (Phi) is 6.05. The molecule has 0 saturated heterocycles. The lowest BCUT2D eigenvalue weighted by Gasteiger charge is -2.24. The van der Waals surface area contributed by atoms with Crippen molar-refractivity contribution in [2.24, 2.45) is 0 Å². The Morgan fingerprint density at radius 2 is 2.04 bits per heavy atom. The molecule has 0 radical (unpaired) electrons. The van der Waals surface area contributed by atoms with Crippen LogP contribution in [0.2, 0.25) is 0 Å². The molecule has 8 heteroatoms. The van der Waals surface area contributed by atoms with Crippen LogP contribution in [0.5, 0.6) is 0 Å². The summed E-state index contributed by atoms with van der Waals surface area (Å²) in [6, 6.07) is 5.37. The van der Waals surface area contributed by atoms with E-state index in [9.17, 15) is 23.1 Å². The Morgan fingerprint density at radius 3 is 2.57 bits per heavy atom. The lowest BCUT2D eigenvalue weighted by molar-refractivity contribution is -0.143. The van der Waals surface area contributed by atoms with Crippen molar-refractivity contribution in [2.45, 2.75) is 30.7 Å². The van der Waals surface area contributed by atoms with Crippen LogP contribution in [0.25, 0.3) is 0 Å². The summed E-state index contributed by atoms with van der Waals surface area (Å²) in [5.41, 5.74) is -1.36. The minimum absolute atomic E-state index is 0.0612. The quantitative estimate of drug-likeness (QED) is 0.614. The van der Waals surface area contributed by atoms with Crippen LogP contribution in [0.4, 0.5) is 0 Å². The fourth-order valence-electron chi connectivity index (χ4n) is 1.67. The summed E-state index contributed by atoms with van der Waals surface area (Å²) < 4.78 is 26.4. The molecular formula is C15H20N2O5S. The number of nitrogens with one attached hydrogen (secondary N) is 2. The molecule has 0 aliphatic rings. The van der Waals surface area contributed by atoms with Gasteiger partial charge < -0.3 is 10.4 Å². The summed E-state index contributed by atoms with van der Waals surface area (Å²) in [6.07, 6.45) is 1.58. The van der Waals surface area contributed by atoms with Crippen molar-refractivity contribution < 1.29 is 23.1 Å². The van der Waals surface area contributed by atoms with Crippen molar-refractivity contribution in [3.05, 3.63) is 42.5 Å². The Hall–Kier alpha value is -2.19. The number of benzene rings is 1. The highest BCUT2D eigenvalue weighted by atomic mass is 32.2. The van der Waals surface area contributed by atoms with Crippen molar-refractivity contribution in [2.75, 3.05) is 6.54 Å². The molecule has 1 aromatic carbocycles. The molecule has 23 heavy (non-hydrogen) atoms. The molecule has 1 rings (SSSR count). The van der Waals surface area contributed by atoms with Crippen LogP contribution in [0.3, 0.4) is 0 Å². The van der Waals surface area contributed by atoms with Gasteiger partial charge in [-0.3, -0.25) is 4.79 Å². The van der Waals surface area contributed by atoms with Gasteiger partial charge in [0.25, 0.3) is 5.91 Å². The van der Waals surface area contributed by atoms with Gasteiger partial charge in [-0.15, -0.1) is 6.58 Å². The summed E-state index contributed by atoms with van der Waals surface area (Å²) in [7, 11) is -3.76. The minimum Gasteiger partial charge on any atom is -0.480 e. The van der Waals surface area contributed by atoms with E-state index in [1.54, 1.807) is 6.92 Å². The third-order valence-corrected chi connectivity index (χ3v) is 4.81. The van der Waals surface area contributed by atoms with Gasteiger partial charge in [-0.1, -0.05) is 19.1 Å². The Balaban J connectivity index is 3.07. The maximum Gasteiger partial charge on any atom is 0.329 e. The third kappa shape index (κ3) is 4.64. The maximum absolute atomic E-state index is 12.2. The van der Waals surface area contributed by atoms with E-state index in [1.165, 1.54) is 37.3 Å². The topological polar surface area (TPSA) is 113 Å². The van der Waals surface area contributed by atoms with Crippen molar-refractivity contribution >= 4 is 21.9 Å². The molecule has 7 nitrogen and oxygen atoms in total. The van der Waals surface area contributed by atoms with Crippen LogP contribution in [-0.4, -0.2) is 37.5 Å². The number of hydrogen-bond donors (Lipinski definition) is 3. The van der Waals surface area contributed by atoms with Gasteiger partial charge >= 0.3 is 5.97 Å². The van der Waals surface area contributed by atoms with Gasteiger partial charge in [-0.05, 0) is 31.5 Å². The Labute approximate surface area is 135 Å². The first-order valence-corrected chi connectivity index (χ1v) is 8.41. The largest absolute Gasteiger partial charge is 0.480 e. The van der Waals surface area contributed by atoms with Gasteiger partial charge in [0.05, 0.1) is 4.90 Å². The molecule has 126 valence electrons. The SMILES string of the molecule is C=CCNS(=O)(=O)c1cccc(C(=O)NC(C)(CC)C(=O)O)c1. The zero-order valence-corrected chi connectivity index (χ0v) is 13.8. The molecule has 3 N–H and O–H groups in total. The smallest absolute Gasteiger partial charge is 0.329 e. The second-order valence-electron chi connectivity index (χ2n) is 5.11. The monoisotopic (exact) mass is 340 g/mol. The van der Waals surface area contributed by atoms with Gasteiger partial charge in [0.2, 0.25) is 10.0 Å². The van der Waals surface area contributed by atoms with Gasteiger partial charge in [0.15, 0.2) is 0 Å². The van der Waals surface area contributed by atoms with E-state index in [0.29, 0.717) is 0 Å². The molecule has 0 fully saturated rings. The maximum atomic E-state index is 12.2. The van der Waals surface area contributed by atoms with Gasteiger partial charge in [0, 0.05) is 12.1 Å². The average Bonchev–Trinajstić information content (AvgIpc) is 2.52. The zero-order valence-electron chi connectivity index (χ0n) is 13.0. The molecule has 0 spiro atoms. The van der Waals surface area contributed by atoms with Gasteiger partial charge in [0.1, 0.15) is 5.54 Å². The number of carbonyl (C=O) groups excluding carboxylic acids is 1. The fraction of sp³-hybridized carbons (Fsp3) is 0.333. The highest BCUT2D eigenvalue weighted by Crippen LogP contribution is 2.14. The molecule has 1 atom stereocenters. The van der Waals surface area contributed by atoms with E-state index < -0.39 is 27.4 Å². The zero-order chi connectivity index (χ0) is 17.7. The van der Waals surface area contributed by atoms with Crippen molar-refractivity contribution in [1.82, 2.24) is 10.0 Å². The van der Waals surface area contributed by atoms with E-state index >= 15 is 0 Å². The summed E-state index contributed by atoms with van der Waals surface area (Å²) in [4.78, 5) is 23.4. The molecule has 0 bridgehead atoms. The molecule has 0 heterocycles. The molecule has 0 aliphatic heterocycles. The second kappa shape index (κ2) is 7.38. The second-order valence-corrected chi connectivity index (χ2v) is 6.88. The van der Waals surface area contributed by atoms with E-state index in [0.717, 1.165) is 0 Å². The van der Waals surface area contributed by atoms with Crippen LogP contribution in [-0.2, 0) is 14.8 Å². The minimum atomic E-state index is -3.76. The number of rotatable bonds is 8. The van der Waals surface area contributed by atoms with Crippen molar-refractivity contribution in [1.29, 1.82) is 0 Å². The molecule has 0 aromatic heterocycles. The number of sulfonamides is 1. The van der Waals surface area contributed by atoms with Crippen molar-refractivity contribution in [3.8, 4) is 0 Å². The number of carboxylic acid groups (broad SMARTS) is 1. The molecular weight excluding hydrogens is 320 g/mol. The molecule has 1 unspecified atom stereocenters. The first-order chi connectivity index (χ1) is 10.7. The van der Waals surface area contributed by atoms with E-state index in [-0.39, 0.29) is 23.4 Å². The molecule has 0 saturated carbocycles. The Morgan fingerprint density at radius 1 is 1.39 bits per heavy atom. The predicted octanol–water partition coefficient (Wildman–Crippen LogP) is 1.13. The van der Waals surface area contributed by atoms with E-state index in [2.05, 4.69) is 16.6 Å². The van der Waals surface area contributed by atoms with E-state index in [1.807, 2.05) is 0 Å². The highest BCUT2D eigenvalue weighted by Gasteiger charge is 2.33. The molecule has 0 aliphatic carbocycles.